The molecule has 7 heteroatoms. The van der Waals surface area contributed by atoms with Crippen molar-refractivity contribution in [3.05, 3.63) is 17.7 Å². The van der Waals surface area contributed by atoms with Crippen LogP contribution in [0.25, 0.3) is 0 Å². The normalized spacial score (nSPS) is 18.4. The number of nitrogens with zero attached hydrogens (tertiary/aromatic N) is 1. The fourth-order valence-electron chi connectivity index (χ4n) is 1.69. The number of phenols is 3. The van der Waals surface area contributed by atoms with Crippen molar-refractivity contribution in [1.29, 1.82) is 0 Å². The second-order valence-corrected chi connectivity index (χ2v) is 6.30. The van der Waals surface area contributed by atoms with Crippen LogP contribution in [-0.2, 0) is 0 Å². The van der Waals surface area contributed by atoms with Crippen molar-refractivity contribution in [2.24, 2.45) is 11.0 Å². The Morgan fingerprint density at radius 3 is 2.53 bits per heavy atom. The van der Waals surface area contributed by atoms with Crippen LogP contribution >= 0.6 is 28.6 Å². The van der Waals surface area contributed by atoms with E-state index in [0.717, 1.165) is 18.9 Å². The first-order valence-electron chi connectivity index (χ1n) is 5.81. The predicted octanol–water partition coefficient (Wildman–Crippen LogP) is 2.16. The highest BCUT2D eigenvalue weighted by Crippen LogP contribution is 2.44. The van der Waals surface area contributed by atoms with E-state index in [4.69, 9.17) is 0 Å². The Kier molecular flexibility index (Phi) is 4.15. The number of hydrogen-bond donors (Lipinski definition) is 5. The van der Waals surface area contributed by atoms with Crippen molar-refractivity contribution < 1.29 is 15.3 Å². The lowest BCUT2D eigenvalue weighted by atomic mass is 10.2. The van der Waals surface area contributed by atoms with Gasteiger partial charge in [-0.25, -0.2) is 0 Å². The smallest absolute Gasteiger partial charge is 0.161 e. The molecule has 2 rings (SSSR count). The van der Waals surface area contributed by atoms with Crippen LogP contribution in [0.4, 0.5) is 0 Å². The molecule has 0 radical (unpaired) electrons. The molecule has 1 aromatic rings. The van der Waals surface area contributed by atoms with Crippen LogP contribution in [0.15, 0.2) is 17.2 Å². The lowest BCUT2D eigenvalue weighted by molar-refractivity contribution is 0.396. The molecule has 1 aliphatic carbocycles. The number of aromatic hydroxyl groups is 3. The van der Waals surface area contributed by atoms with Crippen LogP contribution in [0.5, 0.6) is 17.2 Å². The van der Waals surface area contributed by atoms with E-state index < -0.39 is 0 Å². The van der Waals surface area contributed by atoms with Crippen LogP contribution < -0.4 is 5.43 Å². The average molecular weight is 347 g/mol. The van der Waals surface area contributed by atoms with Crippen molar-refractivity contribution in [1.82, 2.24) is 5.43 Å². The van der Waals surface area contributed by atoms with E-state index in [-0.39, 0.29) is 21.7 Å². The van der Waals surface area contributed by atoms with Gasteiger partial charge < -0.3 is 15.3 Å². The lowest BCUT2D eigenvalue weighted by Crippen LogP contribution is -2.40. The molecule has 0 heterocycles. The Morgan fingerprint density at radius 1 is 1.32 bits per heavy atom. The van der Waals surface area contributed by atoms with E-state index in [9.17, 15) is 15.3 Å². The molecule has 1 unspecified atom stereocenters. The number of benzene rings is 1. The molecular formula is C12H15BrN2O3S. The Balaban J connectivity index is 2.08. The van der Waals surface area contributed by atoms with Crippen molar-refractivity contribution in [3.63, 3.8) is 0 Å². The van der Waals surface area contributed by atoms with Crippen molar-refractivity contribution in [2.75, 3.05) is 5.75 Å². The summed E-state index contributed by atoms with van der Waals surface area (Å²) in [6.07, 6.45) is 3.63. The standard InChI is InChI=1S/C12H15BrN2O3S/c13-12(6-19,8-1-2-8)15-14-5-7-3-10(17)11(18)4-9(7)16/h3-5,8,15-19H,1-2,6H2/b14-5+. The zero-order chi connectivity index (χ0) is 14.0. The predicted molar refractivity (Wildman–Crippen MR) is 80.4 cm³/mol. The van der Waals surface area contributed by atoms with E-state index in [1.54, 1.807) is 0 Å². The second-order valence-electron chi connectivity index (χ2n) is 4.56. The van der Waals surface area contributed by atoms with Gasteiger partial charge in [0, 0.05) is 17.4 Å². The molecule has 0 amide bonds. The minimum absolute atomic E-state index is 0.154. The van der Waals surface area contributed by atoms with Crippen LogP contribution in [0.1, 0.15) is 18.4 Å². The number of halogens is 1. The molecule has 0 bridgehead atoms. The molecule has 0 aromatic heterocycles. The summed E-state index contributed by atoms with van der Waals surface area (Å²) in [5.74, 6) is 0.246. The molecule has 1 aromatic carbocycles. The van der Waals surface area contributed by atoms with Gasteiger partial charge in [-0.1, -0.05) is 15.9 Å². The van der Waals surface area contributed by atoms with Gasteiger partial charge >= 0.3 is 0 Å². The Morgan fingerprint density at radius 2 is 1.95 bits per heavy atom. The van der Waals surface area contributed by atoms with Crippen molar-refractivity contribution in [3.8, 4) is 17.2 Å². The van der Waals surface area contributed by atoms with E-state index in [2.05, 4.69) is 39.1 Å². The summed E-state index contributed by atoms with van der Waals surface area (Å²) in [5, 5.41) is 32.2. The van der Waals surface area contributed by atoms with Gasteiger partial charge in [0.2, 0.25) is 0 Å². The molecule has 1 atom stereocenters. The van der Waals surface area contributed by atoms with E-state index >= 15 is 0 Å². The fourth-order valence-corrected chi connectivity index (χ4v) is 2.58. The summed E-state index contributed by atoms with van der Waals surface area (Å²) in [6.45, 7) is 0. The molecular weight excluding hydrogens is 332 g/mol. The molecule has 1 fully saturated rings. The first kappa shape index (κ1) is 14.3. The lowest BCUT2D eigenvalue weighted by Gasteiger charge is -2.24. The molecule has 0 spiro atoms. The summed E-state index contributed by atoms with van der Waals surface area (Å²) >= 11 is 7.86. The number of hydrazone groups is 1. The van der Waals surface area contributed by atoms with E-state index in [1.165, 1.54) is 12.3 Å². The molecule has 4 N–H and O–H groups in total. The Hall–Kier alpha value is -1.08. The monoisotopic (exact) mass is 346 g/mol. The van der Waals surface area contributed by atoms with Crippen molar-refractivity contribution in [2.45, 2.75) is 17.3 Å². The number of alkyl halides is 1. The number of hydrogen-bond acceptors (Lipinski definition) is 6. The number of thiol groups is 1. The molecule has 1 saturated carbocycles. The zero-order valence-corrected chi connectivity index (χ0v) is 12.5. The second kappa shape index (κ2) is 5.50. The van der Waals surface area contributed by atoms with Gasteiger partial charge in [-0.05, 0) is 24.8 Å². The van der Waals surface area contributed by atoms with Gasteiger partial charge in [0.1, 0.15) is 10.2 Å². The third kappa shape index (κ3) is 3.27. The third-order valence-corrected chi connectivity index (χ3v) is 5.07. The highest BCUT2D eigenvalue weighted by Gasteiger charge is 2.42. The minimum Gasteiger partial charge on any atom is -0.507 e. The van der Waals surface area contributed by atoms with Gasteiger partial charge in [0.15, 0.2) is 11.5 Å². The minimum atomic E-state index is -0.370. The first-order valence-corrected chi connectivity index (χ1v) is 7.24. The van der Waals surface area contributed by atoms with Gasteiger partial charge in [0.25, 0.3) is 0 Å². The largest absolute Gasteiger partial charge is 0.507 e. The summed E-state index contributed by atoms with van der Waals surface area (Å²) < 4.78 is -0.346. The van der Waals surface area contributed by atoms with Crippen LogP contribution in [0.2, 0.25) is 0 Å². The third-order valence-electron chi connectivity index (χ3n) is 3.03. The maximum Gasteiger partial charge on any atom is 0.161 e. The zero-order valence-electron chi connectivity index (χ0n) is 10.0. The van der Waals surface area contributed by atoms with E-state index in [1.807, 2.05) is 0 Å². The topological polar surface area (TPSA) is 85.1 Å². The number of phenolic OH excluding ortho intramolecular Hbond substituents is 3. The highest BCUT2D eigenvalue weighted by atomic mass is 79.9. The molecule has 1 aliphatic rings. The van der Waals surface area contributed by atoms with Gasteiger partial charge in [0.05, 0.1) is 6.21 Å². The van der Waals surface area contributed by atoms with Crippen LogP contribution in [0.3, 0.4) is 0 Å². The van der Waals surface area contributed by atoms with Crippen LogP contribution in [0, 0.1) is 5.92 Å². The van der Waals surface area contributed by atoms with Crippen LogP contribution in [-0.4, -0.2) is 31.7 Å². The fraction of sp³-hybridized carbons (Fsp3) is 0.417. The van der Waals surface area contributed by atoms with Crippen molar-refractivity contribution >= 4 is 34.8 Å². The SMILES string of the molecule is Oc1cc(O)c(/C=N/NC(Br)(CS)C2CC2)cc1O. The first-order chi connectivity index (χ1) is 8.96. The molecule has 0 aliphatic heterocycles. The Labute approximate surface area is 124 Å². The molecule has 104 valence electrons. The summed E-state index contributed by atoms with van der Waals surface area (Å²) in [4.78, 5) is 0. The average Bonchev–Trinajstić information content (AvgIpc) is 3.20. The van der Waals surface area contributed by atoms with Gasteiger partial charge in [-0.3, -0.25) is 5.43 Å². The van der Waals surface area contributed by atoms with Gasteiger partial charge in [-0.15, -0.1) is 0 Å². The summed E-state index contributed by atoms with van der Waals surface area (Å²) in [5.41, 5.74) is 3.28. The number of rotatable bonds is 5. The summed E-state index contributed by atoms with van der Waals surface area (Å²) in [7, 11) is 0. The maximum atomic E-state index is 9.61. The number of nitrogens with one attached hydrogen (secondary N) is 1. The van der Waals surface area contributed by atoms with Gasteiger partial charge in [-0.2, -0.15) is 17.7 Å². The molecule has 5 nitrogen and oxygen atoms in total. The maximum absolute atomic E-state index is 9.61. The van der Waals surface area contributed by atoms with E-state index in [0.29, 0.717) is 17.2 Å². The quantitative estimate of drug-likeness (QED) is 0.107. The molecule has 0 saturated heterocycles. The molecule has 19 heavy (non-hydrogen) atoms. The Bertz CT molecular complexity index is 508. The summed E-state index contributed by atoms with van der Waals surface area (Å²) in [6, 6.07) is 2.31. The highest BCUT2D eigenvalue weighted by molar-refractivity contribution is 9.10.